The van der Waals surface area contributed by atoms with Crippen molar-refractivity contribution < 1.29 is 8.83 Å². The maximum atomic E-state index is 6.65. The maximum Gasteiger partial charge on any atom is 0.227 e. The molecule has 8 aromatic carbocycles. The molecule has 0 aliphatic carbocycles. The lowest BCUT2D eigenvalue weighted by atomic mass is 9.99. The fourth-order valence-corrected chi connectivity index (χ4v) is 7.56. The smallest absolute Gasteiger partial charge is 0.227 e. The fraction of sp³-hybridized carbons (Fsp3) is 0. The average Bonchev–Trinajstić information content (AvgIpc) is 3.89. The first-order chi connectivity index (χ1) is 27.7. The minimum absolute atomic E-state index is 0.515. The zero-order chi connectivity index (χ0) is 37.0. The summed E-state index contributed by atoms with van der Waals surface area (Å²) in [6.45, 7) is 0. The van der Waals surface area contributed by atoms with Crippen LogP contribution in [0.5, 0.6) is 0 Å². The summed E-state index contributed by atoms with van der Waals surface area (Å²) in [6.07, 6.45) is 0. The van der Waals surface area contributed by atoms with E-state index in [9.17, 15) is 0 Å². The molecule has 0 saturated heterocycles. The van der Waals surface area contributed by atoms with Crippen LogP contribution in [0.15, 0.2) is 191 Å². The van der Waals surface area contributed by atoms with Gasteiger partial charge < -0.3 is 8.83 Å². The Kier molecular flexibility index (Phi) is 7.38. The number of aromatic nitrogens is 4. The maximum absolute atomic E-state index is 6.65. The number of hydrogen-bond acceptors (Lipinski definition) is 6. The molecular weight excluding hydrogens is 689 g/mol. The zero-order valence-corrected chi connectivity index (χ0v) is 29.9. The predicted octanol–water partition coefficient (Wildman–Crippen LogP) is 13.1. The molecule has 262 valence electrons. The van der Waals surface area contributed by atoms with Gasteiger partial charge in [0.1, 0.15) is 16.7 Å². The Morgan fingerprint density at radius 3 is 1.61 bits per heavy atom. The molecule has 0 fully saturated rings. The van der Waals surface area contributed by atoms with Crippen LogP contribution in [0.2, 0.25) is 0 Å². The summed E-state index contributed by atoms with van der Waals surface area (Å²) in [6, 6.07) is 61.9. The third kappa shape index (κ3) is 5.51. The van der Waals surface area contributed by atoms with Crippen molar-refractivity contribution in [1.29, 1.82) is 0 Å². The molecule has 0 bridgehead atoms. The van der Waals surface area contributed by atoms with E-state index in [2.05, 4.69) is 97.1 Å². The van der Waals surface area contributed by atoms with Gasteiger partial charge in [0.05, 0.1) is 0 Å². The van der Waals surface area contributed by atoms with Gasteiger partial charge in [-0.15, -0.1) is 0 Å². The first kappa shape index (κ1) is 31.8. The van der Waals surface area contributed by atoms with E-state index in [-0.39, 0.29) is 0 Å². The molecule has 0 amide bonds. The van der Waals surface area contributed by atoms with Crippen LogP contribution in [0.4, 0.5) is 0 Å². The van der Waals surface area contributed by atoms with Gasteiger partial charge in [-0.2, -0.15) is 0 Å². The van der Waals surface area contributed by atoms with Gasteiger partial charge in [-0.05, 0) is 58.0 Å². The Morgan fingerprint density at radius 1 is 0.339 bits per heavy atom. The summed E-state index contributed by atoms with van der Waals surface area (Å²) in [5, 5.41) is 4.02. The first-order valence-electron chi connectivity index (χ1n) is 18.5. The van der Waals surface area contributed by atoms with Crippen molar-refractivity contribution in [3.8, 4) is 67.9 Å². The highest BCUT2D eigenvalue weighted by molar-refractivity contribution is 6.11. The lowest BCUT2D eigenvalue weighted by Gasteiger charge is -2.11. The topological polar surface area (TPSA) is 77.8 Å². The van der Waals surface area contributed by atoms with Crippen LogP contribution in [-0.4, -0.2) is 19.9 Å². The molecule has 56 heavy (non-hydrogen) atoms. The Labute approximate surface area is 321 Å². The predicted molar refractivity (Wildman–Crippen MR) is 225 cm³/mol. The van der Waals surface area contributed by atoms with Crippen molar-refractivity contribution in [1.82, 2.24) is 19.9 Å². The SMILES string of the molecule is c1ccc(-c2ccc(-c3ccc(-c4nc(-c5ccccc5)nc(-c5cccc6ccc7nc(-c8ccc9c(c8)oc8ccccc89)oc7c56)n4)cc3)cc2)cc1. The van der Waals surface area contributed by atoms with Gasteiger partial charge in [0.25, 0.3) is 0 Å². The van der Waals surface area contributed by atoms with Crippen molar-refractivity contribution in [3.05, 3.63) is 182 Å². The molecule has 0 N–H and O–H groups in total. The van der Waals surface area contributed by atoms with E-state index in [4.69, 9.17) is 28.8 Å². The molecule has 6 heteroatoms. The van der Waals surface area contributed by atoms with Crippen LogP contribution in [0.25, 0.3) is 112 Å². The minimum Gasteiger partial charge on any atom is -0.456 e. The van der Waals surface area contributed by atoms with Crippen molar-refractivity contribution in [2.75, 3.05) is 0 Å². The Morgan fingerprint density at radius 2 is 0.893 bits per heavy atom. The molecule has 0 radical (unpaired) electrons. The number of nitrogens with zero attached hydrogens (tertiary/aromatic N) is 4. The number of benzene rings is 8. The highest BCUT2D eigenvalue weighted by atomic mass is 16.3. The Bertz CT molecular complexity index is 3220. The molecule has 0 aliphatic rings. The van der Waals surface area contributed by atoms with Gasteiger partial charge in [0.2, 0.25) is 5.89 Å². The van der Waals surface area contributed by atoms with Crippen LogP contribution in [0.1, 0.15) is 0 Å². The van der Waals surface area contributed by atoms with E-state index in [0.717, 1.165) is 71.6 Å². The second kappa shape index (κ2) is 13.0. The average molecular weight is 719 g/mol. The lowest BCUT2D eigenvalue weighted by Crippen LogP contribution is -2.00. The van der Waals surface area contributed by atoms with E-state index in [1.807, 2.05) is 84.9 Å². The lowest BCUT2D eigenvalue weighted by molar-refractivity contribution is 0.622. The monoisotopic (exact) mass is 718 g/mol. The van der Waals surface area contributed by atoms with E-state index in [1.54, 1.807) is 0 Å². The normalized spacial score (nSPS) is 11.6. The summed E-state index contributed by atoms with van der Waals surface area (Å²) in [5.74, 6) is 2.24. The van der Waals surface area contributed by atoms with E-state index in [1.165, 1.54) is 11.1 Å². The molecule has 3 heterocycles. The van der Waals surface area contributed by atoms with Crippen LogP contribution >= 0.6 is 0 Å². The molecular formula is C50H30N4O2. The van der Waals surface area contributed by atoms with Gasteiger partial charge in [-0.25, -0.2) is 19.9 Å². The quantitative estimate of drug-likeness (QED) is 0.170. The largest absolute Gasteiger partial charge is 0.456 e. The number of rotatable bonds is 6. The van der Waals surface area contributed by atoms with Crippen molar-refractivity contribution in [2.24, 2.45) is 0 Å². The number of hydrogen-bond donors (Lipinski definition) is 0. The molecule has 0 atom stereocenters. The second-order valence-corrected chi connectivity index (χ2v) is 13.8. The number of para-hydroxylation sites is 1. The molecule has 0 aliphatic heterocycles. The number of furan rings is 1. The minimum atomic E-state index is 0.515. The summed E-state index contributed by atoms with van der Waals surface area (Å²) >= 11 is 0. The van der Waals surface area contributed by atoms with Gasteiger partial charge in [-0.3, -0.25) is 0 Å². The van der Waals surface area contributed by atoms with Crippen molar-refractivity contribution in [3.63, 3.8) is 0 Å². The second-order valence-electron chi connectivity index (χ2n) is 13.8. The number of fused-ring (bicyclic) bond motifs is 6. The zero-order valence-electron chi connectivity index (χ0n) is 29.9. The standard InChI is InChI=1S/C50H30N4O2/c1-3-10-31(11-4-1)32-18-20-33(21-19-32)34-22-24-37(25-23-34)48-52-47(36-12-5-2-6-13-36)53-49(54-48)41-16-9-14-35-27-29-42-46(45(35)41)56-50(51-42)38-26-28-40-39-15-7-8-17-43(39)55-44(40)30-38/h1-30H. The summed E-state index contributed by atoms with van der Waals surface area (Å²) < 4.78 is 12.8. The molecule has 0 unspecified atom stereocenters. The molecule has 3 aromatic heterocycles. The fourth-order valence-electron chi connectivity index (χ4n) is 7.56. The van der Waals surface area contributed by atoms with Gasteiger partial charge >= 0.3 is 0 Å². The van der Waals surface area contributed by atoms with Crippen molar-refractivity contribution >= 4 is 43.8 Å². The Hall–Kier alpha value is -7.70. The molecule has 0 saturated carbocycles. The van der Waals surface area contributed by atoms with E-state index in [0.29, 0.717) is 28.9 Å². The van der Waals surface area contributed by atoms with Crippen LogP contribution in [-0.2, 0) is 0 Å². The summed E-state index contributed by atoms with van der Waals surface area (Å²) in [4.78, 5) is 20.2. The molecule has 11 aromatic rings. The third-order valence-corrected chi connectivity index (χ3v) is 10.4. The van der Waals surface area contributed by atoms with Crippen LogP contribution < -0.4 is 0 Å². The Balaban J connectivity index is 1.01. The number of oxazole rings is 1. The van der Waals surface area contributed by atoms with E-state index < -0.39 is 0 Å². The summed E-state index contributed by atoms with van der Waals surface area (Å²) in [5.41, 5.74) is 11.2. The highest BCUT2D eigenvalue weighted by Gasteiger charge is 2.19. The van der Waals surface area contributed by atoms with Gasteiger partial charge in [0, 0.05) is 38.4 Å². The first-order valence-corrected chi connectivity index (χ1v) is 18.5. The third-order valence-electron chi connectivity index (χ3n) is 10.4. The highest BCUT2D eigenvalue weighted by Crippen LogP contribution is 2.38. The summed E-state index contributed by atoms with van der Waals surface area (Å²) in [7, 11) is 0. The van der Waals surface area contributed by atoms with Crippen LogP contribution in [0, 0.1) is 0 Å². The molecule has 6 nitrogen and oxygen atoms in total. The molecule has 0 spiro atoms. The van der Waals surface area contributed by atoms with Gasteiger partial charge in [0.15, 0.2) is 23.1 Å². The molecule has 11 rings (SSSR count). The van der Waals surface area contributed by atoms with E-state index >= 15 is 0 Å². The van der Waals surface area contributed by atoms with Crippen LogP contribution in [0.3, 0.4) is 0 Å². The van der Waals surface area contributed by atoms with Gasteiger partial charge in [-0.1, -0.05) is 152 Å². The van der Waals surface area contributed by atoms with Crippen molar-refractivity contribution in [2.45, 2.75) is 0 Å².